The molecular weight excluding hydrogens is 264 g/mol. The molecule has 1 saturated carbocycles. The SMILES string of the molecule is CCOC(=O)c1sc(N(C)CC2CC2)c(OC)c1N. The van der Waals surface area contributed by atoms with Gasteiger partial charge in [0.05, 0.1) is 13.7 Å². The molecule has 6 heteroatoms. The summed E-state index contributed by atoms with van der Waals surface area (Å²) < 4.78 is 10.4. The van der Waals surface area contributed by atoms with Crippen molar-refractivity contribution in [2.24, 2.45) is 5.92 Å². The number of carbonyl (C=O) groups is 1. The number of methoxy groups -OCH3 is 1. The zero-order chi connectivity index (χ0) is 14.0. The molecule has 0 atom stereocenters. The van der Waals surface area contributed by atoms with Crippen LogP contribution in [0.3, 0.4) is 0 Å². The Morgan fingerprint density at radius 1 is 1.53 bits per heavy atom. The van der Waals surface area contributed by atoms with Crippen LogP contribution in [0.1, 0.15) is 29.4 Å². The van der Waals surface area contributed by atoms with Crippen LogP contribution < -0.4 is 15.4 Å². The highest BCUT2D eigenvalue weighted by Gasteiger charge is 2.28. The molecular formula is C13H20N2O3S. The van der Waals surface area contributed by atoms with E-state index in [-0.39, 0.29) is 5.97 Å². The summed E-state index contributed by atoms with van der Waals surface area (Å²) >= 11 is 1.34. The van der Waals surface area contributed by atoms with Crippen molar-refractivity contribution in [3.8, 4) is 5.75 Å². The van der Waals surface area contributed by atoms with Crippen LogP contribution in [-0.2, 0) is 4.74 Å². The monoisotopic (exact) mass is 284 g/mol. The summed E-state index contributed by atoms with van der Waals surface area (Å²) in [4.78, 5) is 14.4. The van der Waals surface area contributed by atoms with Gasteiger partial charge in [-0.25, -0.2) is 4.79 Å². The Kier molecular flexibility index (Phi) is 4.19. The van der Waals surface area contributed by atoms with Crippen LogP contribution >= 0.6 is 11.3 Å². The van der Waals surface area contributed by atoms with Crippen molar-refractivity contribution >= 4 is 28.0 Å². The van der Waals surface area contributed by atoms with Gasteiger partial charge in [-0.3, -0.25) is 0 Å². The third-order valence-corrected chi connectivity index (χ3v) is 4.40. The minimum absolute atomic E-state index is 0.339. The first-order valence-electron chi connectivity index (χ1n) is 6.43. The molecule has 106 valence electrons. The Morgan fingerprint density at radius 2 is 2.21 bits per heavy atom. The van der Waals surface area contributed by atoms with E-state index in [1.165, 1.54) is 24.2 Å². The van der Waals surface area contributed by atoms with Crippen LogP contribution in [0.25, 0.3) is 0 Å². The van der Waals surface area contributed by atoms with Gasteiger partial charge in [0.15, 0.2) is 5.75 Å². The number of thiophene rings is 1. The molecule has 2 rings (SSSR count). The van der Waals surface area contributed by atoms with E-state index in [0.29, 0.717) is 22.9 Å². The lowest BCUT2D eigenvalue weighted by molar-refractivity contribution is 0.0533. The number of nitrogens with zero attached hydrogens (tertiary/aromatic N) is 1. The molecule has 1 aliphatic rings. The highest BCUT2D eigenvalue weighted by atomic mass is 32.1. The summed E-state index contributed by atoms with van der Waals surface area (Å²) in [5.41, 5.74) is 6.37. The number of ether oxygens (including phenoxy) is 2. The topological polar surface area (TPSA) is 64.8 Å². The first kappa shape index (κ1) is 14.0. The highest BCUT2D eigenvalue weighted by molar-refractivity contribution is 7.19. The molecule has 19 heavy (non-hydrogen) atoms. The summed E-state index contributed by atoms with van der Waals surface area (Å²) in [6.07, 6.45) is 2.55. The Hall–Kier alpha value is -1.43. The number of esters is 1. The molecule has 0 aromatic carbocycles. The van der Waals surface area contributed by atoms with Crippen LogP contribution in [0.5, 0.6) is 5.75 Å². The smallest absolute Gasteiger partial charge is 0.350 e. The molecule has 1 aromatic heterocycles. The van der Waals surface area contributed by atoms with Gasteiger partial charge in [0, 0.05) is 13.6 Å². The standard InChI is InChI=1S/C13H20N2O3S/c1-4-18-13(16)11-9(14)10(17-3)12(19-11)15(2)7-8-5-6-8/h8H,4-7,14H2,1-3H3. The van der Waals surface area contributed by atoms with Gasteiger partial charge in [-0.15, -0.1) is 11.3 Å². The van der Waals surface area contributed by atoms with Gasteiger partial charge in [-0.05, 0) is 25.7 Å². The number of nitrogen functional groups attached to an aromatic ring is 1. The van der Waals surface area contributed by atoms with Gasteiger partial charge in [0.1, 0.15) is 15.6 Å². The maximum atomic E-state index is 11.8. The molecule has 0 saturated heterocycles. The van der Waals surface area contributed by atoms with Gasteiger partial charge >= 0.3 is 5.97 Å². The van der Waals surface area contributed by atoms with Gasteiger partial charge in [0.2, 0.25) is 0 Å². The van der Waals surface area contributed by atoms with Crippen LogP contribution in [0.15, 0.2) is 0 Å². The fraction of sp³-hybridized carbons (Fsp3) is 0.615. The third kappa shape index (κ3) is 2.94. The Balaban J connectivity index is 2.26. The molecule has 1 aromatic rings. The van der Waals surface area contributed by atoms with Crippen molar-refractivity contribution in [2.45, 2.75) is 19.8 Å². The summed E-state index contributed by atoms with van der Waals surface area (Å²) in [5.74, 6) is 0.953. The molecule has 0 aliphatic heterocycles. The predicted octanol–water partition coefficient (Wildman–Crippen LogP) is 2.36. The molecule has 0 radical (unpaired) electrons. The number of carbonyl (C=O) groups excluding carboxylic acids is 1. The first-order chi connectivity index (χ1) is 9.08. The number of hydrogen-bond donors (Lipinski definition) is 1. The number of hydrogen-bond acceptors (Lipinski definition) is 6. The Labute approximate surface area is 117 Å². The summed E-state index contributed by atoms with van der Waals surface area (Å²) in [6.45, 7) is 3.09. The van der Waals surface area contributed by atoms with Crippen LogP contribution in [0, 0.1) is 5.92 Å². The van der Waals surface area contributed by atoms with E-state index in [9.17, 15) is 4.79 Å². The second kappa shape index (κ2) is 5.69. The normalized spacial score (nSPS) is 14.3. The average molecular weight is 284 g/mol. The lowest BCUT2D eigenvalue weighted by atomic mass is 10.3. The summed E-state index contributed by atoms with van der Waals surface area (Å²) in [6, 6.07) is 0. The van der Waals surface area contributed by atoms with E-state index >= 15 is 0 Å². The quantitative estimate of drug-likeness (QED) is 0.812. The maximum absolute atomic E-state index is 11.8. The second-order valence-electron chi connectivity index (χ2n) is 4.73. The molecule has 2 N–H and O–H groups in total. The Morgan fingerprint density at radius 3 is 2.74 bits per heavy atom. The molecule has 0 bridgehead atoms. The van der Waals surface area contributed by atoms with Gasteiger partial charge in [-0.2, -0.15) is 0 Å². The molecule has 1 heterocycles. The van der Waals surface area contributed by atoms with Crippen molar-refractivity contribution in [1.82, 2.24) is 0 Å². The molecule has 1 fully saturated rings. The zero-order valence-corrected chi connectivity index (χ0v) is 12.4. The maximum Gasteiger partial charge on any atom is 0.350 e. The van der Waals surface area contributed by atoms with Crippen molar-refractivity contribution < 1.29 is 14.3 Å². The largest absolute Gasteiger partial charge is 0.492 e. The Bertz CT molecular complexity index is 469. The van der Waals surface area contributed by atoms with Gasteiger partial charge in [-0.1, -0.05) is 0 Å². The zero-order valence-electron chi connectivity index (χ0n) is 11.6. The minimum Gasteiger partial charge on any atom is -0.492 e. The van der Waals surface area contributed by atoms with Gasteiger partial charge in [0.25, 0.3) is 0 Å². The van der Waals surface area contributed by atoms with Crippen molar-refractivity contribution in [3.05, 3.63) is 4.88 Å². The number of nitrogens with two attached hydrogens (primary N) is 1. The number of rotatable bonds is 6. The van der Waals surface area contributed by atoms with Crippen LogP contribution in [0.2, 0.25) is 0 Å². The lowest BCUT2D eigenvalue weighted by Gasteiger charge is -2.18. The third-order valence-electron chi connectivity index (χ3n) is 3.12. The molecule has 5 nitrogen and oxygen atoms in total. The van der Waals surface area contributed by atoms with Crippen LogP contribution in [0.4, 0.5) is 10.7 Å². The van der Waals surface area contributed by atoms with E-state index < -0.39 is 0 Å². The average Bonchev–Trinajstić information content (AvgIpc) is 3.11. The molecule has 1 aliphatic carbocycles. The fourth-order valence-corrected chi connectivity index (χ4v) is 3.04. The van der Waals surface area contributed by atoms with E-state index in [2.05, 4.69) is 4.90 Å². The van der Waals surface area contributed by atoms with E-state index in [1.807, 2.05) is 7.05 Å². The molecule has 0 unspecified atom stereocenters. The molecule has 0 spiro atoms. The second-order valence-corrected chi connectivity index (χ2v) is 5.73. The highest BCUT2D eigenvalue weighted by Crippen LogP contribution is 2.45. The molecule has 0 amide bonds. The van der Waals surface area contributed by atoms with E-state index in [0.717, 1.165) is 17.5 Å². The summed E-state index contributed by atoms with van der Waals surface area (Å²) in [7, 11) is 3.57. The minimum atomic E-state index is -0.380. The van der Waals surface area contributed by atoms with Crippen molar-refractivity contribution in [2.75, 3.05) is 37.9 Å². The fourth-order valence-electron chi connectivity index (χ4n) is 1.98. The van der Waals surface area contributed by atoms with E-state index in [4.69, 9.17) is 15.2 Å². The van der Waals surface area contributed by atoms with Crippen LogP contribution in [-0.4, -0.2) is 33.3 Å². The number of anilines is 2. The predicted molar refractivity (Wildman–Crippen MR) is 77.2 cm³/mol. The summed E-state index contributed by atoms with van der Waals surface area (Å²) in [5, 5.41) is 0.898. The first-order valence-corrected chi connectivity index (χ1v) is 7.24. The van der Waals surface area contributed by atoms with Crippen molar-refractivity contribution in [1.29, 1.82) is 0 Å². The van der Waals surface area contributed by atoms with E-state index in [1.54, 1.807) is 14.0 Å². The van der Waals surface area contributed by atoms with Gasteiger partial charge < -0.3 is 20.1 Å². The lowest BCUT2D eigenvalue weighted by Crippen LogP contribution is -2.19. The van der Waals surface area contributed by atoms with Crippen molar-refractivity contribution in [3.63, 3.8) is 0 Å².